The number of hydrogen-bond donors (Lipinski definition) is 0. The van der Waals surface area contributed by atoms with Gasteiger partial charge in [0.15, 0.2) is 0 Å². The lowest BCUT2D eigenvalue weighted by atomic mass is 9.94. The van der Waals surface area contributed by atoms with Crippen LogP contribution in [0.15, 0.2) is 241 Å². The van der Waals surface area contributed by atoms with Crippen LogP contribution in [0.2, 0.25) is 0 Å². The van der Waals surface area contributed by atoms with Crippen molar-refractivity contribution in [2.24, 2.45) is 0 Å². The second kappa shape index (κ2) is 14.8. The third-order valence-electron chi connectivity index (χ3n) is 12.5. The number of furan rings is 1. The summed E-state index contributed by atoms with van der Waals surface area (Å²) in [7, 11) is 0. The van der Waals surface area contributed by atoms with Crippen molar-refractivity contribution in [1.29, 1.82) is 0 Å². The van der Waals surface area contributed by atoms with Crippen molar-refractivity contribution >= 4 is 71.3 Å². The third-order valence-corrected chi connectivity index (χ3v) is 12.5. The van der Waals surface area contributed by atoms with Crippen molar-refractivity contribution < 1.29 is 4.42 Å². The molecule has 0 bridgehead atoms. The van der Waals surface area contributed by atoms with E-state index in [0.717, 1.165) is 55.7 Å². The molecule has 12 rings (SSSR count). The summed E-state index contributed by atoms with van der Waals surface area (Å²) in [4.78, 5) is 2.38. The molecule has 11 aromatic carbocycles. The highest BCUT2D eigenvalue weighted by molar-refractivity contribution is 6.13. The van der Waals surface area contributed by atoms with Gasteiger partial charge in [-0.3, -0.25) is 0 Å². The van der Waals surface area contributed by atoms with E-state index in [-0.39, 0.29) is 0 Å². The number of benzene rings is 11. The van der Waals surface area contributed by atoms with Gasteiger partial charge in [-0.15, -0.1) is 0 Å². The minimum absolute atomic E-state index is 0.891. The second-order valence-electron chi connectivity index (χ2n) is 16.1. The molecule has 0 spiro atoms. The van der Waals surface area contributed by atoms with Gasteiger partial charge in [-0.1, -0.05) is 188 Å². The highest BCUT2D eigenvalue weighted by Gasteiger charge is 2.18. The standard InChI is InChI=1S/C60H39NO/c1-3-19-50-41(12-1)14-9-22-51(50)43-30-28-40(29-31-43)45-15-7-17-48(38-45)61(49-18-8-16-46(39-49)54-24-11-27-59-60(54)57-21-5-6-26-58(57)62-59)47-35-32-44(33-36-47)53-23-10-25-55-52-20-4-2-13-42(52)34-37-56(53)55/h1-39H. The van der Waals surface area contributed by atoms with Gasteiger partial charge in [-0.05, 0) is 125 Å². The third kappa shape index (κ3) is 6.12. The van der Waals surface area contributed by atoms with Crippen LogP contribution in [-0.2, 0) is 0 Å². The largest absolute Gasteiger partial charge is 0.456 e. The Morgan fingerprint density at radius 2 is 0.774 bits per heavy atom. The number of para-hydroxylation sites is 1. The van der Waals surface area contributed by atoms with Gasteiger partial charge in [0.25, 0.3) is 0 Å². The molecule has 0 N–H and O–H groups in total. The topological polar surface area (TPSA) is 16.4 Å². The summed E-state index contributed by atoms with van der Waals surface area (Å²) < 4.78 is 6.32. The van der Waals surface area contributed by atoms with Crippen LogP contribution in [0.5, 0.6) is 0 Å². The SMILES string of the molecule is c1cc(-c2ccc(-c3cccc4ccccc34)cc2)cc(N(c2ccc(-c3cccc4c3ccc3ccccc34)cc2)c2cccc(-c3cccc4oc5ccccc5c34)c2)c1. The lowest BCUT2D eigenvalue weighted by molar-refractivity contribution is 0.669. The molecule has 0 radical (unpaired) electrons. The fraction of sp³-hybridized carbons (Fsp3) is 0. The first-order valence-corrected chi connectivity index (χ1v) is 21.2. The maximum absolute atomic E-state index is 6.32. The zero-order valence-corrected chi connectivity index (χ0v) is 33.9. The Morgan fingerprint density at radius 1 is 0.258 bits per heavy atom. The van der Waals surface area contributed by atoms with Gasteiger partial charge in [-0.2, -0.15) is 0 Å². The van der Waals surface area contributed by atoms with Crippen LogP contribution in [0, 0.1) is 0 Å². The first-order valence-electron chi connectivity index (χ1n) is 21.2. The average molecular weight is 790 g/mol. The van der Waals surface area contributed by atoms with Crippen LogP contribution in [0.1, 0.15) is 0 Å². The Hall–Kier alpha value is -8.20. The van der Waals surface area contributed by atoms with E-state index in [2.05, 4.69) is 229 Å². The summed E-state index contributed by atoms with van der Waals surface area (Å²) in [5.41, 5.74) is 14.5. The molecule has 12 aromatic rings. The van der Waals surface area contributed by atoms with Crippen LogP contribution in [-0.4, -0.2) is 0 Å². The van der Waals surface area contributed by atoms with Gasteiger partial charge in [0.05, 0.1) is 0 Å². The fourth-order valence-corrected chi connectivity index (χ4v) is 9.50. The van der Waals surface area contributed by atoms with Gasteiger partial charge in [0.1, 0.15) is 11.2 Å². The van der Waals surface area contributed by atoms with Crippen LogP contribution < -0.4 is 4.90 Å². The van der Waals surface area contributed by atoms with E-state index in [9.17, 15) is 0 Å². The summed E-state index contributed by atoms with van der Waals surface area (Å²) >= 11 is 0. The lowest BCUT2D eigenvalue weighted by Crippen LogP contribution is -2.10. The fourth-order valence-electron chi connectivity index (χ4n) is 9.50. The Labute approximate surface area is 360 Å². The van der Waals surface area contributed by atoms with Crippen molar-refractivity contribution in [1.82, 2.24) is 0 Å². The zero-order valence-electron chi connectivity index (χ0n) is 33.9. The molecule has 0 aliphatic heterocycles. The number of anilines is 3. The highest BCUT2D eigenvalue weighted by atomic mass is 16.3. The van der Waals surface area contributed by atoms with E-state index in [0.29, 0.717) is 0 Å². The van der Waals surface area contributed by atoms with Gasteiger partial charge in [-0.25, -0.2) is 0 Å². The van der Waals surface area contributed by atoms with Gasteiger partial charge in [0.2, 0.25) is 0 Å². The van der Waals surface area contributed by atoms with Crippen molar-refractivity contribution in [3.8, 4) is 44.5 Å². The summed E-state index contributed by atoms with van der Waals surface area (Å²) in [6, 6.07) is 85.5. The predicted molar refractivity (Wildman–Crippen MR) is 263 cm³/mol. The van der Waals surface area contributed by atoms with E-state index in [1.165, 1.54) is 60.1 Å². The molecule has 0 fully saturated rings. The van der Waals surface area contributed by atoms with E-state index >= 15 is 0 Å². The number of nitrogens with zero attached hydrogens (tertiary/aromatic N) is 1. The van der Waals surface area contributed by atoms with Crippen molar-refractivity contribution in [2.75, 3.05) is 4.90 Å². The summed E-state index contributed by atoms with van der Waals surface area (Å²) in [5, 5.41) is 9.82. The monoisotopic (exact) mass is 789 g/mol. The van der Waals surface area contributed by atoms with E-state index in [1.807, 2.05) is 12.1 Å². The molecule has 290 valence electrons. The first-order chi connectivity index (χ1) is 30.7. The van der Waals surface area contributed by atoms with Crippen molar-refractivity contribution in [3.63, 3.8) is 0 Å². The molecule has 1 heterocycles. The normalized spacial score (nSPS) is 11.5. The Balaban J connectivity index is 0.973. The number of rotatable bonds is 7. The molecule has 1 aromatic heterocycles. The molecule has 0 saturated carbocycles. The summed E-state index contributed by atoms with van der Waals surface area (Å²) in [5.74, 6) is 0. The zero-order chi connectivity index (χ0) is 41.0. The predicted octanol–water partition coefficient (Wildman–Crippen LogP) is 17.2. The summed E-state index contributed by atoms with van der Waals surface area (Å²) in [6.07, 6.45) is 0. The maximum Gasteiger partial charge on any atom is 0.136 e. The minimum atomic E-state index is 0.891. The van der Waals surface area contributed by atoms with Gasteiger partial charge in [0, 0.05) is 27.8 Å². The maximum atomic E-state index is 6.32. The average Bonchev–Trinajstić information content (AvgIpc) is 3.73. The Bertz CT molecular complexity index is 3630. The molecule has 0 atom stereocenters. The molecule has 0 aliphatic rings. The van der Waals surface area contributed by atoms with Gasteiger partial charge >= 0.3 is 0 Å². The molecule has 62 heavy (non-hydrogen) atoms. The first kappa shape index (κ1) is 35.7. The van der Waals surface area contributed by atoms with Crippen LogP contribution in [0.25, 0.3) is 98.8 Å². The van der Waals surface area contributed by atoms with Crippen LogP contribution in [0.3, 0.4) is 0 Å². The lowest BCUT2D eigenvalue weighted by Gasteiger charge is -2.27. The van der Waals surface area contributed by atoms with Crippen LogP contribution >= 0.6 is 0 Å². The molecule has 2 heteroatoms. The molecule has 0 saturated heterocycles. The minimum Gasteiger partial charge on any atom is -0.456 e. The quantitative estimate of drug-likeness (QED) is 0.150. The molecule has 0 aliphatic carbocycles. The summed E-state index contributed by atoms with van der Waals surface area (Å²) in [6.45, 7) is 0. The van der Waals surface area contributed by atoms with E-state index in [1.54, 1.807) is 0 Å². The van der Waals surface area contributed by atoms with Crippen molar-refractivity contribution in [3.05, 3.63) is 237 Å². The van der Waals surface area contributed by atoms with Gasteiger partial charge < -0.3 is 9.32 Å². The Kier molecular flexibility index (Phi) is 8.53. The smallest absolute Gasteiger partial charge is 0.136 e. The number of fused-ring (bicyclic) bond motifs is 7. The molecule has 2 nitrogen and oxygen atoms in total. The number of hydrogen-bond acceptors (Lipinski definition) is 2. The van der Waals surface area contributed by atoms with Crippen molar-refractivity contribution in [2.45, 2.75) is 0 Å². The van der Waals surface area contributed by atoms with E-state index < -0.39 is 0 Å². The molecule has 0 amide bonds. The van der Waals surface area contributed by atoms with Crippen LogP contribution in [0.4, 0.5) is 17.1 Å². The molecular formula is C60H39NO. The Morgan fingerprint density at radius 3 is 1.56 bits per heavy atom. The molecular weight excluding hydrogens is 751 g/mol. The second-order valence-corrected chi connectivity index (χ2v) is 16.1. The van der Waals surface area contributed by atoms with E-state index in [4.69, 9.17) is 4.42 Å². The molecule has 0 unspecified atom stereocenters. The highest BCUT2D eigenvalue weighted by Crippen LogP contribution is 2.43.